The molecule has 0 atom stereocenters. The number of methoxy groups -OCH3 is 1. The van der Waals surface area contributed by atoms with Crippen LogP contribution in [0.5, 0.6) is 5.75 Å². The van der Waals surface area contributed by atoms with Gasteiger partial charge >= 0.3 is 0 Å². The van der Waals surface area contributed by atoms with Gasteiger partial charge in [-0.15, -0.1) is 5.10 Å². The van der Waals surface area contributed by atoms with Crippen LogP contribution in [0.4, 0.5) is 0 Å². The van der Waals surface area contributed by atoms with Gasteiger partial charge < -0.3 is 4.74 Å². The molecule has 1 N–H and O–H groups in total. The average Bonchev–Trinajstić information content (AvgIpc) is 3.10. The van der Waals surface area contributed by atoms with Crippen molar-refractivity contribution in [3.05, 3.63) is 59.6 Å². The number of aromatic nitrogens is 4. The summed E-state index contributed by atoms with van der Waals surface area (Å²) in [5.41, 5.74) is 1.23. The van der Waals surface area contributed by atoms with E-state index < -0.39 is 10.0 Å². The number of nitrogens with one attached hydrogen (secondary N) is 1. The smallest absolute Gasteiger partial charge is 0.244 e. The highest BCUT2D eigenvalue weighted by Crippen LogP contribution is 2.26. The second-order valence-electron chi connectivity index (χ2n) is 4.98. The number of hydrogen-bond acceptors (Lipinski definition) is 6. The number of halogens is 1. The molecule has 0 saturated heterocycles. The highest BCUT2D eigenvalue weighted by molar-refractivity contribution is 7.89. The normalized spacial score (nSPS) is 11.4. The van der Waals surface area contributed by atoms with E-state index in [-0.39, 0.29) is 17.2 Å². The van der Waals surface area contributed by atoms with Gasteiger partial charge in [0.25, 0.3) is 0 Å². The number of pyridine rings is 1. The van der Waals surface area contributed by atoms with E-state index in [1.807, 2.05) is 0 Å². The number of nitrogens with zero attached hydrogens (tertiary/aromatic N) is 4. The molecular formula is C15H14ClN5O3S. The number of benzene rings is 1. The molecule has 0 fully saturated rings. The Morgan fingerprint density at radius 2 is 2.00 bits per heavy atom. The maximum atomic E-state index is 12.5. The summed E-state index contributed by atoms with van der Waals surface area (Å²) in [5.74, 6) is 0.206. The molecule has 0 spiro atoms. The standard InChI is InChI=1S/C15H14ClN5O3S/c1-24-14-3-2-11(16)8-15(14)25(22,23)18-9-12-10-21(20-19-12)13-4-6-17-7-5-13/h2-8,10,18H,9H2,1H3. The van der Waals surface area contributed by atoms with Crippen LogP contribution in [0.3, 0.4) is 0 Å². The van der Waals surface area contributed by atoms with Crippen molar-refractivity contribution in [2.75, 3.05) is 7.11 Å². The zero-order chi connectivity index (χ0) is 17.9. The maximum absolute atomic E-state index is 12.5. The number of rotatable bonds is 6. The van der Waals surface area contributed by atoms with E-state index >= 15 is 0 Å². The minimum absolute atomic E-state index is 0.0247. The Bertz CT molecular complexity index is 976. The van der Waals surface area contributed by atoms with Gasteiger partial charge in [-0.3, -0.25) is 4.98 Å². The second kappa shape index (κ2) is 7.18. The first-order valence-corrected chi connectivity index (χ1v) is 9.00. The summed E-state index contributed by atoms with van der Waals surface area (Å²) in [6.45, 7) is -0.0247. The molecule has 3 aromatic rings. The van der Waals surface area contributed by atoms with Crippen molar-refractivity contribution < 1.29 is 13.2 Å². The van der Waals surface area contributed by atoms with Crippen LogP contribution in [0, 0.1) is 0 Å². The predicted molar refractivity (Wildman–Crippen MR) is 91.2 cm³/mol. The van der Waals surface area contributed by atoms with E-state index in [1.165, 1.54) is 23.9 Å². The van der Waals surface area contributed by atoms with Crippen LogP contribution >= 0.6 is 11.6 Å². The van der Waals surface area contributed by atoms with Gasteiger partial charge in [0.05, 0.1) is 31.2 Å². The van der Waals surface area contributed by atoms with Crippen LogP contribution in [-0.4, -0.2) is 35.5 Å². The van der Waals surface area contributed by atoms with Crippen LogP contribution in [0.15, 0.2) is 53.8 Å². The average molecular weight is 380 g/mol. The topological polar surface area (TPSA) is 99.0 Å². The first-order valence-electron chi connectivity index (χ1n) is 7.14. The Labute approximate surface area is 149 Å². The summed E-state index contributed by atoms with van der Waals surface area (Å²) in [6, 6.07) is 7.91. The molecule has 0 saturated carbocycles. The molecule has 8 nitrogen and oxygen atoms in total. The van der Waals surface area contributed by atoms with Gasteiger partial charge in [-0.05, 0) is 30.3 Å². The van der Waals surface area contributed by atoms with Crippen molar-refractivity contribution >= 4 is 21.6 Å². The zero-order valence-electron chi connectivity index (χ0n) is 13.1. The second-order valence-corrected chi connectivity index (χ2v) is 7.15. The molecule has 0 aliphatic heterocycles. The van der Waals surface area contributed by atoms with E-state index in [9.17, 15) is 8.42 Å². The third-order valence-corrected chi connectivity index (χ3v) is 4.98. The largest absolute Gasteiger partial charge is 0.495 e. The lowest BCUT2D eigenvalue weighted by Gasteiger charge is -2.10. The third-order valence-electron chi connectivity index (χ3n) is 3.33. The highest BCUT2D eigenvalue weighted by atomic mass is 35.5. The van der Waals surface area contributed by atoms with Crippen LogP contribution in [0.2, 0.25) is 5.02 Å². The predicted octanol–water partition coefficient (Wildman–Crippen LogP) is 1.80. The fourth-order valence-electron chi connectivity index (χ4n) is 2.11. The summed E-state index contributed by atoms with van der Waals surface area (Å²) in [5, 5.41) is 8.22. The number of ether oxygens (including phenoxy) is 1. The fourth-order valence-corrected chi connectivity index (χ4v) is 3.54. The lowest BCUT2D eigenvalue weighted by atomic mass is 10.3. The molecule has 2 heterocycles. The summed E-state index contributed by atoms with van der Waals surface area (Å²) in [6.07, 6.45) is 4.89. The SMILES string of the molecule is COc1ccc(Cl)cc1S(=O)(=O)NCc1cn(-c2ccncc2)nn1. The summed E-state index contributed by atoms with van der Waals surface area (Å²) < 4.78 is 34.1. The van der Waals surface area contributed by atoms with Gasteiger partial charge in [-0.2, -0.15) is 0 Å². The Balaban J connectivity index is 1.77. The molecule has 0 amide bonds. The molecule has 1 aromatic carbocycles. The summed E-state index contributed by atoms with van der Waals surface area (Å²) in [4.78, 5) is 3.89. The highest BCUT2D eigenvalue weighted by Gasteiger charge is 2.20. The van der Waals surface area contributed by atoms with Gasteiger partial charge in [0.2, 0.25) is 10.0 Å². The quantitative estimate of drug-likeness (QED) is 0.701. The van der Waals surface area contributed by atoms with E-state index in [1.54, 1.807) is 36.8 Å². The molecule has 2 aromatic heterocycles. The van der Waals surface area contributed by atoms with Crippen LogP contribution in [0.25, 0.3) is 5.69 Å². The molecule has 0 aliphatic rings. The molecule has 0 bridgehead atoms. The lowest BCUT2D eigenvalue weighted by Crippen LogP contribution is -2.24. The minimum Gasteiger partial charge on any atom is -0.495 e. The van der Waals surface area contributed by atoms with Crippen molar-refractivity contribution in [3.63, 3.8) is 0 Å². The van der Waals surface area contributed by atoms with Gasteiger partial charge in [-0.1, -0.05) is 16.8 Å². The Kier molecular flexibility index (Phi) is 4.98. The molecule has 3 rings (SSSR count). The number of hydrogen-bond donors (Lipinski definition) is 1. The Morgan fingerprint density at radius 1 is 1.24 bits per heavy atom. The first-order chi connectivity index (χ1) is 12.0. The molecule has 25 heavy (non-hydrogen) atoms. The van der Waals surface area contributed by atoms with E-state index in [4.69, 9.17) is 16.3 Å². The Hall–Kier alpha value is -2.49. The summed E-state index contributed by atoms with van der Waals surface area (Å²) >= 11 is 5.89. The van der Waals surface area contributed by atoms with Gasteiger partial charge in [-0.25, -0.2) is 17.8 Å². The van der Waals surface area contributed by atoms with Gasteiger partial charge in [0.15, 0.2) is 0 Å². The molecule has 0 radical (unpaired) electrons. The fraction of sp³-hybridized carbons (Fsp3) is 0.133. The minimum atomic E-state index is -3.83. The van der Waals surface area contributed by atoms with Crippen molar-refractivity contribution in [1.29, 1.82) is 0 Å². The third kappa shape index (κ3) is 3.95. The molecular weight excluding hydrogens is 366 g/mol. The van der Waals surface area contributed by atoms with Crippen molar-refractivity contribution in [2.24, 2.45) is 0 Å². The van der Waals surface area contributed by atoms with E-state index in [2.05, 4.69) is 20.0 Å². The van der Waals surface area contributed by atoms with Crippen molar-refractivity contribution in [1.82, 2.24) is 24.7 Å². The molecule has 0 aliphatic carbocycles. The van der Waals surface area contributed by atoms with E-state index in [0.29, 0.717) is 10.7 Å². The van der Waals surface area contributed by atoms with Crippen LogP contribution in [0.1, 0.15) is 5.69 Å². The number of sulfonamides is 1. The molecule has 10 heteroatoms. The van der Waals surface area contributed by atoms with Crippen LogP contribution in [-0.2, 0) is 16.6 Å². The lowest BCUT2D eigenvalue weighted by molar-refractivity contribution is 0.402. The van der Waals surface area contributed by atoms with Gasteiger partial charge in [0.1, 0.15) is 10.6 Å². The zero-order valence-corrected chi connectivity index (χ0v) is 14.7. The van der Waals surface area contributed by atoms with Crippen molar-refractivity contribution in [2.45, 2.75) is 11.4 Å². The van der Waals surface area contributed by atoms with Crippen molar-refractivity contribution in [3.8, 4) is 11.4 Å². The van der Waals surface area contributed by atoms with Gasteiger partial charge in [0, 0.05) is 17.4 Å². The Morgan fingerprint density at radius 3 is 2.72 bits per heavy atom. The first kappa shape index (κ1) is 17.3. The van der Waals surface area contributed by atoms with E-state index in [0.717, 1.165) is 5.69 Å². The summed E-state index contributed by atoms with van der Waals surface area (Å²) in [7, 11) is -2.43. The van der Waals surface area contributed by atoms with Crippen LogP contribution < -0.4 is 9.46 Å². The maximum Gasteiger partial charge on any atom is 0.244 e. The molecule has 0 unspecified atom stereocenters. The monoisotopic (exact) mass is 379 g/mol. The molecule has 130 valence electrons.